The third-order valence-corrected chi connectivity index (χ3v) is 4.23. The lowest BCUT2D eigenvalue weighted by molar-refractivity contribution is -0.117. The highest BCUT2D eigenvalue weighted by molar-refractivity contribution is 7.99. The van der Waals surface area contributed by atoms with Crippen molar-refractivity contribution in [1.82, 2.24) is 4.98 Å². The summed E-state index contributed by atoms with van der Waals surface area (Å²) in [6.45, 7) is 0. The van der Waals surface area contributed by atoms with Gasteiger partial charge in [0.25, 0.3) is 0 Å². The molecule has 2 heterocycles. The van der Waals surface area contributed by atoms with Gasteiger partial charge in [-0.05, 0) is 17.7 Å². The number of amides is 1. The molecular weight excluding hydrogens is 263 g/mol. The van der Waals surface area contributed by atoms with E-state index >= 15 is 0 Å². The Kier molecular flexibility index (Phi) is 3.21. The van der Waals surface area contributed by atoms with Gasteiger partial charge in [0, 0.05) is 16.8 Å². The molecule has 1 aromatic heterocycles. The van der Waals surface area contributed by atoms with Crippen LogP contribution in [0.5, 0.6) is 0 Å². The number of nitrogens with one attached hydrogen (secondary N) is 1. The van der Waals surface area contributed by atoms with Gasteiger partial charge in [0.05, 0.1) is 17.8 Å². The molecule has 0 aliphatic carbocycles. The standard InChI is InChI=1S/C14H11FN2OS/c15-11-7-16-6-5-12(11)17-14(18)10-8-19-13-4-2-1-3-9(10)13/h1-7,10H,8H2,(H,16,17,18). The molecule has 0 saturated carbocycles. The Morgan fingerprint density at radius 1 is 1.37 bits per heavy atom. The van der Waals surface area contributed by atoms with Crippen LogP contribution in [0.4, 0.5) is 10.1 Å². The minimum atomic E-state index is -0.519. The number of carbonyl (C=O) groups is 1. The fourth-order valence-corrected chi connectivity index (χ4v) is 3.30. The Labute approximate surface area is 114 Å². The van der Waals surface area contributed by atoms with Crippen molar-refractivity contribution in [2.24, 2.45) is 0 Å². The van der Waals surface area contributed by atoms with Crippen molar-refractivity contribution in [3.05, 3.63) is 54.1 Å². The van der Waals surface area contributed by atoms with Crippen molar-refractivity contribution >= 4 is 23.4 Å². The number of aromatic nitrogens is 1. The maximum absolute atomic E-state index is 13.5. The topological polar surface area (TPSA) is 42.0 Å². The van der Waals surface area contributed by atoms with Gasteiger partial charge in [-0.2, -0.15) is 0 Å². The zero-order valence-electron chi connectivity index (χ0n) is 9.97. The summed E-state index contributed by atoms with van der Waals surface area (Å²) in [6, 6.07) is 9.27. The summed E-state index contributed by atoms with van der Waals surface area (Å²) < 4.78 is 13.5. The van der Waals surface area contributed by atoms with Gasteiger partial charge in [0.15, 0.2) is 5.82 Å². The Bertz CT molecular complexity index is 632. The molecule has 2 aromatic rings. The van der Waals surface area contributed by atoms with Crippen molar-refractivity contribution in [3.8, 4) is 0 Å². The lowest BCUT2D eigenvalue weighted by atomic mass is 10.0. The van der Waals surface area contributed by atoms with E-state index in [0.29, 0.717) is 5.75 Å². The Morgan fingerprint density at radius 2 is 2.21 bits per heavy atom. The molecule has 0 radical (unpaired) electrons. The number of thioether (sulfide) groups is 1. The van der Waals surface area contributed by atoms with Gasteiger partial charge in [-0.1, -0.05) is 18.2 Å². The van der Waals surface area contributed by atoms with Crippen molar-refractivity contribution < 1.29 is 9.18 Å². The number of halogens is 1. The molecule has 0 bridgehead atoms. The molecule has 5 heteroatoms. The summed E-state index contributed by atoms with van der Waals surface area (Å²) in [5.41, 5.74) is 1.19. The van der Waals surface area contributed by atoms with Crippen LogP contribution in [-0.4, -0.2) is 16.6 Å². The highest BCUT2D eigenvalue weighted by Gasteiger charge is 2.29. The number of fused-ring (bicyclic) bond motifs is 1. The summed E-state index contributed by atoms with van der Waals surface area (Å²) in [6.07, 6.45) is 2.54. The molecule has 19 heavy (non-hydrogen) atoms. The molecule has 0 fully saturated rings. The summed E-state index contributed by atoms with van der Waals surface area (Å²) in [5, 5.41) is 2.63. The lowest BCUT2D eigenvalue weighted by Gasteiger charge is -2.11. The van der Waals surface area contributed by atoms with E-state index < -0.39 is 5.82 Å². The summed E-state index contributed by atoms with van der Waals surface area (Å²) in [7, 11) is 0. The predicted molar refractivity (Wildman–Crippen MR) is 72.7 cm³/mol. The molecule has 1 atom stereocenters. The van der Waals surface area contributed by atoms with E-state index in [0.717, 1.165) is 16.7 Å². The zero-order valence-corrected chi connectivity index (χ0v) is 10.8. The van der Waals surface area contributed by atoms with Crippen LogP contribution < -0.4 is 5.32 Å². The minimum Gasteiger partial charge on any atom is -0.323 e. The van der Waals surface area contributed by atoms with E-state index in [-0.39, 0.29) is 17.5 Å². The molecular formula is C14H11FN2OS. The van der Waals surface area contributed by atoms with Gasteiger partial charge in [0.1, 0.15) is 0 Å². The van der Waals surface area contributed by atoms with Crippen molar-refractivity contribution in [2.45, 2.75) is 10.8 Å². The highest BCUT2D eigenvalue weighted by atomic mass is 32.2. The number of carbonyl (C=O) groups excluding carboxylic acids is 1. The van der Waals surface area contributed by atoms with Gasteiger partial charge in [-0.25, -0.2) is 4.39 Å². The van der Waals surface area contributed by atoms with E-state index in [1.807, 2.05) is 24.3 Å². The van der Waals surface area contributed by atoms with Gasteiger partial charge in [-0.15, -0.1) is 11.8 Å². The molecule has 1 aliphatic heterocycles. The summed E-state index contributed by atoms with van der Waals surface area (Å²) >= 11 is 1.65. The summed E-state index contributed by atoms with van der Waals surface area (Å²) in [5.74, 6) is -0.233. The Morgan fingerprint density at radius 3 is 3.05 bits per heavy atom. The van der Waals surface area contributed by atoms with Gasteiger partial charge < -0.3 is 5.32 Å². The molecule has 1 aliphatic rings. The fourth-order valence-electron chi connectivity index (χ4n) is 2.08. The monoisotopic (exact) mass is 274 g/mol. The molecule has 1 amide bonds. The van der Waals surface area contributed by atoms with Gasteiger partial charge in [0.2, 0.25) is 5.91 Å². The maximum Gasteiger partial charge on any atom is 0.232 e. The summed E-state index contributed by atoms with van der Waals surface area (Å²) in [4.78, 5) is 17.0. The lowest BCUT2D eigenvalue weighted by Crippen LogP contribution is -2.21. The second-order valence-corrected chi connectivity index (χ2v) is 5.31. The Balaban J connectivity index is 1.81. The van der Waals surface area contributed by atoms with Gasteiger partial charge >= 0.3 is 0 Å². The molecule has 3 rings (SSSR count). The van der Waals surface area contributed by atoms with Crippen LogP contribution in [0.25, 0.3) is 0 Å². The van der Waals surface area contributed by atoms with Crippen LogP contribution >= 0.6 is 11.8 Å². The van der Waals surface area contributed by atoms with Crippen molar-refractivity contribution in [1.29, 1.82) is 0 Å². The number of anilines is 1. The van der Waals surface area contributed by atoms with E-state index in [4.69, 9.17) is 0 Å². The van der Waals surface area contributed by atoms with E-state index in [1.165, 1.54) is 12.3 Å². The van der Waals surface area contributed by atoms with Gasteiger partial charge in [-0.3, -0.25) is 9.78 Å². The maximum atomic E-state index is 13.5. The quantitative estimate of drug-likeness (QED) is 0.915. The van der Waals surface area contributed by atoms with Crippen molar-refractivity contribution in [2.75, 3.05) is 11.1 Å². The molecule has 1 unspecified atom stereocenters. The first-order valence-electron chi connectivity index (χ1n) is 5.88. The predicted octanol–water partition coefficient (Wildman–Crippen LogP) is 3.05. The van der Waals surface area contributed by atoms with E-state index in [9.17, 15) is 9.18 Å². The first-order chi connectivity index (χ1) is 9.25. The van der Waals surface area contributed by atoms with E-state index in [2.05, 4.69) is 10.3 Å². The molecule has 1 N–H and O–H groups in total. The van der Waals surface area contributed by atoms with Crippen LogP contribution in [0, 0.1) is 5.82 Å². The molecule has 0 saturated heterocycles. The molecule has 1 aromatic carbocycles. The number of pyridine rings is 1. The van der Waals surface area contributed by atoms with Crippen LogP contribution in [0.1, 0.15) is 11.5 Å². The smallest absolute Gasteiger partial charge is 0.232 e. The normalized spacial score (nSPS) is 17.0. The average molecular weight is 274 g/mol. The number of benzene rings is 1. The van der Waals surface area contributed by atoms with Crippen LogP contribution in [-0.2, 0) is 4.79 Å². The second-order valence-electron chi connectivity index (χ2n) is 4.25. The van der Waals surface area contributed by atoms with Crippen LogP contribution in [0.15, 0.2) is 47.6 Å². The molecule has 0 spiro atoms. The number of nitrogens with zero attached hydrogens (tertiary/aromatic N) is 1. The third-order valence-electron chi connectivity index (χ3n) is 3.05. The third kappa shape index (κ3) is 2.33. The van der Waals surface area contributed by atoms with Crippen LogP contribution in [0.3, 0.4) is 0 Å². The Hall–Kier alpha value is -1.88. The number of hydrogen-bond donors (Lipinski definition) is 1. The largest absolute Gasteiger partial charge is 0.323 e. The molecule has 3 nitrogen and oxygen atoms in total. The second kappa shape index (κ2) is 5.01. The SMILES string of the molecule is O=C(Nc1ccncc1F)C1CSc2ccccc21. The number of rotatable bonds is 2. The first-order valence-corrected chi connectivity index (χ1v) is 6.86. The van der Waals surface area contributed by atoms with Crippen LogP contribution in [0.2, 0.25) is 0 Å². The highest BCUT2D eigenvalue weighted by Crippen LogP contribution is 2.39. The average Bonchev–Trinajstić information content (AvgIpc) is 2.85. The minimum absolute atomic E-state index is 0.175. The first kappa shape index (κ1) is 12.2. The number of hydrogen-bond acceptors (Lipinski definition) is 3. The molecule has 96 valence electrons. The zero-order chi connectivity index (χ0) is 13.2. The van der Waals surface area contributed by atoms with E-state index in [1.54, 1.807) is 11.8 Å². The fraction of sp³-hybridized carbons (Fsp3) is 0.143. The van der Waals surface area contributed by atoms with Crippen molar-refractivity contribution in [3.63, 3.8) is 0 Å².